The molecule has 0 atom stereocenters. The number of nitrogens with zero attached hydrogens (tertiary/aromatic N) is 2. The molecule has 0 aliphatic heterocycles. The molecule has 5 N–H and O–H groups in total. The lowest BCUT2D eigenvalue weighted by molar-refractivity contribution is -0.870. The minimum absolute atomic E-state index is 0. The Morgan fingerprint density at radius 2 is 0.462 bits per heavy atom. The first-order chi connectivity index (χ1) is 17.1. The highest BCUT2D eigenvalue weighted by Crippen LogP contribution is 2.13. The van der Waals surface area contributed by atoms with Gasteiger partial charge in [-0.1, -0.05) is 142 Å². The maximum Gasteiger partial charge on any atom is 0.0780 e. The van der Waals surface area contributed by atoms with Crippen molar-refractivity contribution in [2.75, 3.05) is 55.4 Å². The molecule has 0 aliphatic carbocycles. The minimum Gasteiger partial charge on any atom is -0.412 e. The number of hydrogen-bond acceptors (Lipinski definition) is 1. The largest absolute Gasteiger partial charge is 0.412 e. The summed E-state index contributed by atoms with van der Waals surface area (Å²) in [5.41, 5.74) is 0. The van der Waals surface area contributed by atoms with Gasteiger partial charge in [0.1, 0.15) is 0 Å². The van der Waals surface area contributed by atoms with Gasteiger partial charge in [0.05, 0.1) is 55.4 Å². The molecule has 0 bridgehead atoms. The van der Waals surface area contributed by atoms with E-state index in [2.05, 4.69) is 56.1 Å². The SMILES string of the molecule is CCCCCCCCCCCCCCCC[N+](C)(C)C.CCCCCCCCCCCC[N+](C)(C)C.Cl.N.O. The van der Waals surface area contributed by atoms with E-state index in [1.165, 1.54) is 167 Å². The number of unbranched alkanes of at least 4 members (excludes halogenated alkanes) is 22. The number of hydrogen-bond donors (Lipinski definition) is 1. The highest BCUT2D eigenvalue weighted by molar-refractivity contribution is 5.85. The molecule has 0 saturated carbocycles. The van der Waals surface area contributed by atoms with Crippen molar-refractivity contribution < 1.29 is 14.4 Å². The van der Waals surface area contributed by atoms with Crippen LogP contribution < -0.4 is 6.15 Å². The molecule has 0 radical (unpaired) electrons. The third kappa shape index (κ3) is 54.8. The number of rotatable bonds is 26. The second-order valence-electron chi connectivity index (χ2n) is 13.8. The lowest BCUT2D eigenvalue weighted by Crippen LogP contribution is -2.35. The summed E-state index contributed by atoms with van der Waals surface area (Å²) < 4.78 is 2.25. The number of halogens is 1. The Hall–Kier alpha value is 0.130. The van der Waals surface area contributed by atoms with Crippen LogP contribution >= 0.6 is 12.4 Å². The molecular formula is C34H82ClN3O+2. The van der Waals surface area contributed by atoms with Crippen molar-refractivity contribution >= 4 is 12.4 Å². The van der Waals surface area contributed by atoms with E-state index in [0.717, 1.165) is 8.97 Å². The van der Waals surface area contributed by atoms with E-state index >= 15 is 0 Å². The quantitative estimate of drug-likeness (QED) is 0.0798. The summed E-state index contributed by atoms with van der Waals surface area (Å²) >= 11 is 0. The highest BCUT2D eigenvalue weighted by atomic mass is 35.5. The normalized spacial score (nSPS) is 11.1. The van der Waals surface area contributed by atoms with Crippen LogP contribution in [0.15, 0.2) is 0 Å². The van der Waals surface area contributed by atoms with Crippen LogP contribution in [0.4, 0.5) is 0 Å². The standard InChI is InChI=1S/C19H42N.C15H34N.ClH.H3N.H2O/c1-5-6-7-8-9-10-11-12-13-14-15-16-17-18-19-20(2,3)4;1-5-6-7-8-9-10-11-12-13-14-15-16(2,3)4;;;/h5-19H2,1-4H3;5-15H2,1-4H3;1H;1H3;1H2/q2*+1;;;. The zero-order chi connectivity index (χ0) is 27.4. The molecule has 0 spiro atoms. The maximum absolute atomic E-state index is 2.29. The topological polar surface area (TPSA) is 66.5 Å². The van der Waals surface area contributed by atoms with Gasteiger partial charge in [0.25, 0.3) is 0 Å². The van der Waals surface area contributed by atoms with Crippen LogP contribution in [0.5, 0.6) is 0 Å². The smallest absolute Gasteiger partial charge is 0.0780 e. The Morgan fingerprint density at radius 1 is 0.308 bits per heavy atom. The van der Waals surface area contributed by atoms with Crippen LogP contribution in [0.3, 0.4) is 0 Å². The van der Waals surface area contributed by atoms with Gasteiger partial charge in [-0.05, 0) is 25.7 Å². The average Bonchev–Trinajstić information content (AvgIpc) is 2.79. The third-order valence-corrected chi connectivity index (χ3v) is 7.36. The molecule has 0 aliphatic rings. The predicted molar refractivity (Wildman–Crippen MR) is 184 cm³/mol. The third-order valence-electron chi connectivity index (χ3n) is 7.36. The molecule has 0 saturated heterocycles. The van der Waals surface area contributed by atoms with Crippen molar-refractivity contribution in [2.45, 2.75) is 168 Å². The second-order valence-corrected chi connectivity index (χ2v) is 13.8. The molecule has 4 nitrogen and oxygen atoms in total. The lowest BCUT2D eigenvalue weighted by Gasteiger charge is -2.23. The summed E-state index contributed by atoms with van der Waals surface area (Å²) in [6.07, 6.45) is 34.8. The molecule has 0 heterocycles. The van der Waals surface area contributed by atoms with Crippen molar-refractivity contribution in [1.82, 2.24) is 6.15 Å². The van der Waals surface area contributed by atoms with Gasteiger partial charge in [-0.3, -0.25) is 0 Å². The van der Waals surface area contributed by atoms with Gasteiger partial charge < -0.3 is 20.6 Å². The van der Waals surface area contributed by atoms with Crippen molar-refractivity contribution in [2.24, 2.45) is 0 Å². The average molecular weight is 585 g/mol. The monoisotopic (exact) mass is 584 g/mol. The van der Waals surface area contributed by atoms with E-state index in [4.69, 9.17) is 0 Å². The van der Waals surface area contributed by atoms with Crippen LogP contribution in [0.1, 0.15) is 168 Å². The minimum atomic E-state index is 0. The van der Waals surface area contributed by atoms with Crippen molar-refractivity contribution in [3.05, 3.63) is 0 Å². The van der Waals surface area contributed by atoms with E-state index in [0.29, 0.717) is 0 Å². The summed E-state index contributed by atoms with van der Waals surface area (Å²) in [5.74, 6) is 0. The molecule has 0 aromatic rings. The Balaban J connectivity index is -0.000000187. The predicted octanol–water partition coefficient (Wildman–Crippen LogP) is 10.5. The highest BCUT2D eigenvalue weighted by Gasteiger charge is 2.05. The van der Waals surface area contributed by atoms with Gasteiger partial charge in [0.2, 0.25) is 0 Å². The van der Waals surface area contributed by atoms with Gasteiger partial charge >= 0.3 is 0 Å². The van der Waals surface area contributed by atoms with E-state index < -0.39 is 0 Å². The first-order valence-corrected chi connectivity index (χ1v) is 16.7. The fourth-order valence-electron chi connectivity index (χ4n) is 4.85. The molecule has 5 heteroatoms. The summed E-state index contributed by atoms with van der Waals surface area (Å²) in [6.45, 7) is 7.24. The van der Waals surface area contributed by atoms with Crippen LogP contribution in [0.2, 0.25) is 0 Å². The molecule has 0 amide bonds. The van der Waals surface area contributed by atoms with Crippen LogP contribution in [0.25, 0.3) is 0 Å². The van der Waals surface area contributed by atoms with Gasteiger partial charge in [0.15, 0.2) is 0 Å². The summed E-state index contributed by atoms with van der Waals surface area (Å²) in [6, 6.07) is 0. The molecule has 244 valence electrons. The molecule has 0 aromatic heterocycles. The first kappa shape index (κ1) is 48.8. The molecule has 39 heavy (non-hydrogen) atoms. The van der Waals surface area contributed by atoms with E-state index in [1.807, 2.05) is 0 Å². The number of quaternary nitrogens is 2. The second kappa shape index (κ2) is 36.2. The Morgan fingerprint density at radius 3 is 0.615 bits per heavy atom. The van der Waals surface area contributed by atoms with Crippen molar-refractivity contribution in [3.8, 4) is 0 Å². The Bertz CT molecular complexity index is 408. The lowest BCUT2D eigenvalue weighted by atomic mass is 10.0. The first-order valence-electron chi connectivity index (χ1n) is 16.7. The van der Waals surface area contributed by atoms with E-state index in [-0.39, 0.29) is 24.0 Å². The fraction of sp³-hybridized carbons (Fsp3) is 1.00. The van der Waals surface area contributed by atoms with Crippen molar-refractivity contribution in [3.63, 3.8) is 0 Å². The van der Waals surface area contributed by atoms with Gasteiger partial charge in [0, 0.05) is 0 Å². The molecule has 0 rings (SSSR count). The van der Waals surface area contributed by atoms with Gasteiger partial charge in [-0.2, -0.15) is 0 Å². The molecule has 0 fully saturated rings. The van der Waals surface area contributed by atoms with Gasteiger partial charge in [-0.15, -0.1) is 12.4 Å². The summed E-state index contributed by atoms with van der Waals surface area (Å²) in [7, 11) is 13.7. The Kier molecular flexibility index (Phi) is 45.3. The van der Waals surface area contributed by atoms with E-state index in [9.17, 15) is 0 Å². The summed E-state index contributed by atoms with van der Waals surface area (Å²) in [5, 5.41) is 0. The van der Waals surface area contributed by atoms with Crippen LogP contribution in [0, 0.1) is 0 Å². The van der Waals surface area contributed by atoms with Gasteiger partial charge in [-0.25, -0.2) is 0 Å². The fourth-order valence-corrected chi connectivity index (χ4v) is 4.85. The maximum atomic E-state index is 2.29. The van der Waals surface area contributed by atoms with Crippen LogP contribution in [-0.2, 0) is 0 Å². The van der Waals surface area contributed by atoms with Crippen LogP contribution in [-0.4, -0.2) is 69.8 Å². The molecule has 0 aromatic carbocycles. The zero-order valence-corrected chi connectivity index (χ0v) is 29.7. The zero-order valence-electron chi connectivity index (χ0n) is 28.9. The van der Waals surface area contributed by atoms with Crippen molar-refractivity contribution in [1.29, 1.82) is 0 Å². The molecular weight excluding hydrogens is 502 g/mol. The summed E-state index contributed by atoms with van der Waals surface area (Å²) in [4.78, 5) is 0. The van der Waals surface area contributed by atoms with E-state index in [1.54, 1.807) is 0 Å². The molecule has 0 unspecified atom stereocenters. The Labute approximate surface area is 255 Å².